The van der Waals surface area contributed by atoms with Crippen molar-refractivity contribution in [2.75, 3.05) is 10.2 Å². The minimum atomic E-state index is -0.233. The second kappa shape index (κ2) is 7.19. The Hall–Kier alpha value is -3.21. The molecule has 0 fully saturated rings. The first kappa shape index (κ1) is 17.2. The third kappa shape index (κ3) is 3.40. The minimum absolute atomic E-state index is 0.233. The monoisotopic (exact) mass is 358 g/mol. The van der Waals surface area contributed by atoms with E-state index in [1.165, 1.54) is 11.1 Å². The van der Waals surface area contributed by atoms with Crippen LogP contribution in [0.15, 0.2) is 60.8 Å². The van der Waals surface area contributed by atoms with Crippen LogP contribution in [0.1, 0.15) is 35.5 Å². The van der Waals surface area contributed by atoms with Crippen LogP contribution >= 0.6 is 0 Å². The molecule has 1 amide bonds. The summed E-state index contributed by atoms with van der Waals surface area (Å²) >= 11 is 0. The Bertz CT molecular complexity index is 968. The van der Waals surface area contributed by atoms with Crippen molar-refractivity contribution in [3.63, 3.8) is 0 Å². The van der Waals surface area contributed by atoms with Gasteiger partial charge in [0.1, 0.15) is 5.69 Å². The molecule has 2 heterocycles. The number of aromatic nitrogens is 2. The topological polar surface area (TPSA) is 58.1 Å². The van der Waals surface area contributed by atoms with Gasteiger partial charge in [-0.2, -0.15) is 0 Å². The fraction of sp³-hybridized carbons (Fsp3) is 0.227. The van der Waals surface area contributed by atoms with Crippen LogP contribution in [0.5, 0.6) is 0 Å². The summed E-state index contributed by atoms with van der Waals surface area (Å²) in [7, 11) is 0. The number of carbonyl (C=O) groups is 1. The predicted octanol–water partition coefficient (Wildman–Crippen LogP) is 4.37. The second-order valence-electron chi connectivity index (χ2n) is 6.80. The van der Waals surface area contributed by atoms with Gasteiger partial charge in [0.05, 0.1) is 0 Å². The Morgan fingerprint density at radius 3 is 2.70 bits per heavy atom. The second-order valence-corrected chi connectivity index (χ2v) is 6.80. The van der Waals surface area contributed by atoms with E-state index in [1.54, 1.807) is 12.3 Å². The molecule has 0 radical (unpaired) electrons. The molecule has 1 aliphatic heterocycles. The summed E-state index contributed by atoms with van der Waals surface area (Å²) in [5.41, 5.74) is 4.74. The average molecular weight is 358 g/mol. The molecule has 0 bridgehead atoms. The molecule has 3 aromatic rings. The van der Waals surface area contributed by atoms with Crippen molar-refractivity contribution in [2.24, 2.45) is 0 Å². The number of carbonyl (C=O) groups excluding carboxylic acids is 1. The van der Waals surface area contributed by atoms with Gasteiger partial charge >= 0.3 is 0 Å². The Balaban J connectivity index is 1.58. The number of amides is 1. The van der Waals surface area contributed by atoms with Crippen molar-refractivity contribution in [3.05, 3.63) is 77.6 Å². The van der Waals surface area contributed by atoms with Crippen molar-refractivity contribution in [1.82, 2.24) is 9.97 Å². The zero-order valence-electron chi connectivity index (χ0n) is 15.5. The highest BCUT2D eigenvalue weighted by Crippen LogP contribution is 2.36. The molecule has 1 aliphatic rings. The molecule has 0 spiro atoms. The number of anilines is 3. The maximum absolute atomic E-state index is 12.6. The highest BCUT2D eigenvalue weighted by molar-refractivity contribution is 6.03. The SMILES string of the molecule is CCc1ccc(NC(=O)c2ccnc(N3c4ccccc4CC3C)n2)cc1. The summed E-state index contributed by atoms with van der Waals surface area (Å²) in [6.45, 7) is 4.25. The van der Waals surface area contributed by atoms with E-state index in [-0.39, 0.29) is 11.9 Å². The molecular weight excluding hydrogens is 336 g/mol. The van der Waals surface area contributed by atoms with Gasteiger partial charge in [-0.1, -0.05) is 37.3 Å². The van der Waals surface area contributed by atoms with Gasteiger partial charge in [0, 0.05) is 23.6 Å². The van der Waals surface area contributed by atoms with Crippen LogP contribution < -0.4 is 10.2 Å². The standard InChI is InChI=1S/C22H22N4O/c1-3-16-8-10-18(11-9-16)24-21(27)19-12-13-23-22(25-19)26-15(2)14-17-6-4-5-7-20(17)26/h4-13,15H,3,14H2,1-2H3,(H,24,27). The fourth-order valence-electron chi connectivity index (χ4n) is 3.48. The molecule has 0 saturated carbocycles. The largest absolute Gasteiger partial charge is 0.321 e. The van der Waals surface area contributed by atoms with Crippen LogP contribution in [-0.4, -0.2) is 21.9 Å². The summed E-state index contributed by atoms with van der Waals surface area (Å²) in [4.78, 5) is 23.7. The minimum Gasteiger partial charge on any atom is -0.321 e. The summed E-state index contributed by atoms with van der Waals surface area (Å²) in [6.07, 6.45) is 3.56. The molecule has 1 aromatic heterocycles. The van der Waals surface area contributed by atoms with Crippen molar-refractivity contribution >= 4 is 23.2 Å². The number of nitrogens with one attached hydrogen (secondary N) is 1. The molecule has 1 atom stereocenters. The van der Waals surface area contributed by atoms with E-state index in [0.717, 1.165) is 24.2 Å². The number of nitrogens with zero attached hydrogens (tertiary/aromatic N) is 3. The third-order valence-electron chi connectivity index (χ3n) is 4.92. The molecule has 2 aromatic carbocycles. The molecule has 4 rings (SSSR count). The van der Waals surface area contributed by atoms with Gasteiger partial charge in [-0.3, -0.25) is 4.79 Å². The lowest BCUT2D eigenvalue weighted by molar-refractivity contribution is 0.102. The van der Waals surface area contributed by atoms with E-state index in [2.05, 4.69) is 46.2 Å². The number of para-hydroxylation sites is 1. The van der Waals surface area contributed by atoms with E-state index < -0.39 is 0 Å². The number of rotatable bonds is 4. The van der Waals surface area contributed by atoms with Crippen LogP contribution in [0.25, 0.3) is 0 Å². The van der Waals surface area contributed by atoms with Crippen molar-refractivity contribution in [3.8, 4) is 0 Å². The lowest BCUT2D eigenvalue weighted by Crippen LogP contribution is -2.26. The quantitative estimate of drug-likeness (QED) is 0.752. The molecule has 1 unspecified atom stereocenters. The Morgan fingerprint density at radius 2 is 1.93 bits per heavy atom. The van der Waals surface area contributed by atoms with E-state index in [1.807, 2.05) is 36.4 Å². The van der Waals surface area contributed by atoms with Crippen LogP contribution in [-0.2, 0) is 12.8 Å². The highest BCUT2D eigenvalue weighted by atomic mass is 16.1. The lowest BCUT2D eigenvalue weighted by Gasteiger charge is -2.22. The van der Waals surface area contributed by atoms with Gasteiger partial charge in [0.15, 0.2) is 0 Å². The molecule has 136 valence electrons. The van der Waals surface area contributed by atoms with Crippen LogP contribution in [0, 0.1) is 0 Å². The fourth-order valence-corrected chi connectivity index (χ4v) is 3.48. The van der Waals surface area contributed by atoms with E-state index in [0.29, 0.717) is 11.6 Å². The van der Waals surface area contributed by atoms with E-state index in [9.17, 15) is 4.79 Å². The summed E-state index contributed by atoms with van der Waals surface area (Å²) < 4.78 is 0. The molecular formula is C22H22N4O. The Labute approximate surface area is 159 Å². The summed E-state index contributed by atoms with van der Waals surface area (Å²) in [6, 6.07) is 18.0. The zero-order chi connectivity index (χ0) is 18.8. The smallest absolute Gasteiger partial charge is 0.274 e. The molecule has 1 N–H and O–H groups in total. The van der Waals surface area contributed by atoms with Gasteiger partial charge in [0.2, 0.25) is 5.95 Å². The number of benzene rings is 2. The van der Waals surface area contributed by atoms with Gasteiger partial charge in [-0.05, 0) is 55.2 Å². The normalized spacial score (nSPS) is 15.5. The maximum Gasteiger partial charge on any atom is 0.274 e. The van der Waals surface area contributed by atoms with Gasteiger partial charge in [0.25, 0.3) is 5.91 Å². The third-order valence-corrected chi connectivity index (χ3v) is 4.92. The zero-order valence-corrected chi connectivity index (χ0v) is 15.5. The van der Waals surface area contributed by atoms with Gasteiger partial charge in [-0.25, -0.2) is 9.97 Å². The van der Waals surface area contributed by atoms with E-state index >= 15 is 0 Å². The van der Waals surface area contributed by atoms with Crippen LogP contribution in [0.2, 0.25) is 0 Å². The molecule has 5 nitrogen and oxygen atoms in total. The summed E-state index contributed by atoms with van der Waals surface area (Å²) in [5, 5.41) is 2.91. The number of fused-ring (bicyclic) bond motifs is 1. The molecule has 0 saturated heterocycles. The Morgan fingerprint density at radius 1 is 1.15 bits per heavy atom. The average Bonchev–Trinajstić information content (AvgIpc) is 3.04. The number of aryl methyl sites for hydroxylation is 1. The Kier molecular flexibility index (Phi) is 4.59. The predicted molar refractivity (Wildman–Crippen MR) is 108 cm³/mol. The molecule has 27 heavy (non-hydrogen) atoms. The number of hydrogen-bond acceptors (Lipinski definition) is 4. The van der Waals surface area contributed by atoms with Crippen LogP contribution in [0.3, 0.4) is 0 Å². The first-order valence-electron chi connectivity index (χ1n) is 9.26. The highest BCUT2D eigenvalue weighted by Gasteiger charge is 2.29. The molecule has 5 heteroatoms. The van der Waals surface area contributed by atoms with Crippen molar-refractivity contribution in [1.29, 1.82) is 0 Å². The van der Waals surface area contributed by atoms with E-state index in [4.69, 9.17) is 0 Å². The summed E-state index contributed by atoms with van der Waals surface area (Å²) in [5.74, 6) is 0.324. The van der Waals surface area contributed by atoms with Crippen molar-refractivity contribution < 1.29 is 4.79 Å². The van der Waals surface area contributed by atoms with Gasteiger partial charge < -0.3 is 10.2 Å². The maximum atomic E-state index is 12.6. The van der Waals surface area contributed by atoms with Crippen LogP contribution in [0.4, 0.5) is 17.3 Å². The molecule has 0 aliphatic carbocycles. The lowest BCUT2D eigenvalue weighted by atomic mass is 10.1. The van der Waals surface area contributed by atoms with Gasteiger partial charge in [-0.15, -0.1) is 0 Å². The number of hydrogen-bond donors (Lipinski definition) is 1. The van der Waals surface area contributed by atoms with Crippen molar-refractivity contribution in [2.45, 2.75) is 32.7 Å². The first-order chi connectivity index (χ1) is 13.2. The first-order valence-corrected chi connectivity index (χ1v) is 9.26.